The average Bonchev–Trinajstić information content (AvgIpc) is 3.29. The van der Waals surface area contributed by atoms with Crippen molar-refractivity contribution in [2.24, 2.45) is 5.73 Å². The summed E-state index contributed by atoms with van der Waals surface area (Å²) in [6.45, 7) is 15.8. The van der Waals surface area contributed by atoms with Crippen LogP contribution in [0.4, 0.5) is 5.82 Å². The molecule has 5 rings (SSSR count). The lowest BCUT2D eigenvalue weighted by molar-refractivity contribution is -0.115. The molecule has 3 aromatic rings. The van der Waals surface area contributed by atoms with Crippen LogP contribution in [0.5, 0.6) is 0 Å². The Morgan fingerprint density at radius 1 is 1.05 bits per heavy atom. The highest BCUT2D eigenvalue weighted by Crippen LogP contribution is 2.34. The Balaban J connectivity index is 1.45. The van der Waals surface area contributed by atoms with Gasteiger partial charge in [0.2, 0.25) is 0 Å². The molecule has 1 aliphatic carbocycles. The number of anilines is 1. The normalized spacial score (nSPS) is 16.7. The van der Waals surface area contributed by atoms with Crippen LogP contribution in [0.3, 0.4) is 0 Å². The van der Waals surface area contributed by atoms with Gasteiger partial charge in [-0.1, -0.05) is 11.6 Å². The number of carbonyl (C=O) groups is 2. The zero-order chi connectivity index (χ0) is 29.3. The van der Waals surface area contributed by atoms with Crippen molar-refractivity contribution in [2.45, 2.75) is 59.9 Å². The zero-order valence-corrected chi connectivity index (χ0v) is 25.2. The number of aromatic nitrogens is 2. The third-order valence-corrected chi connectivity index (χ3v) is 8.52. The van der Waals surface area contributed by atoms with Crippen LogP contribution in [-0.2, 0) is 4.79 Å². The van der Waals surface area contributed by atoms with E-state index >= 15 is 0 Å². The van der Waals surface area contributed by atoms with Gasteiger partial charge in [-0.15, -0.1) is 0 Å². The molecule has 1 fully saturated rings. The van der Waals surface area contributed by atoms with E-state index in [-0.39, 0.29) is 17.6 Å². The molecule has 216 valence electrons. The number of pyridine rings is 1. The molecule has 0 unspecified atom stereocenters. The molecule has 0 amide bonds. The van der Waals surface area contributed by atoms with E-state index < -0.39 is 0 Å². The van der Waals surface area contributed by atoms with Crippen LogP contribution in [0.15, 0.2) is 59.5 Å². The molecular formula is C34H43N5O2. The highest BCUT2D eigenvalue weighted by molar-refractivity contribution is 6.11. The number of nitrogens with zero attached hydrogens (tertiary/aromatic N) is 4. The van der Waals surface area contributed by atoms with Crippen molar-refractivity contribution < 1.29 is 9.59 Å². The fraction of sp³-hybridized carbons (Fsp3) is 0.441. The molecule has 0 bridgehead atoms. The van der Waals surface area contributed by atoms with Crippen molar-refractivity contribution in [3.05, 3.63) is 70.6 Å². The summed E-state index contributed by atoms with van der Waals surface area (Å²) in [5.74, 6) is 1.19. The van der Waals surface area contributed by atoms with Crippen LogP contribution < -0.4 is 10.6 Å². The molecule has 0 saturated carbocycles. The minimum Gasteiger partial charge on any atom is -0.354 e. The smallest absolute Gasteiger partial charge is 0.163 e. The second-order valence-corrected chi connectivity index (χ2v) is 11.9. The van der Waals surface area contributed by atoms with Crippen molar-refractivity contribution in [3.63, 3.8) is 0 Å². The summed E-state index contributed by atoms with van der Waals surface area (Å²) < 4.78 is 2.25. The topological polar surface area (TPSA) is 84.5 Å². The van der Waals surface area contributed by atoms with E-state index in [9.17, 15) is 9.59 Å². The largest absolute Gasteiger partial charge is 0.354 e. The van der Waals surface area contributed by atoms with Crippen LogP contribution in [0.2, 0.25) is 0 Å². The first kappa shape index (κ1) is 29.0. The molecule has 0 atom stereocenters. The maximum atomic E-state index is 13.8. The number of rotatable bonds is 9. The van der Waals surface area contributed by atoms with E-state index in [0.717, 1.165) is 88.4 Å². The first-order chi connectivity index (χ1) is 19.7. The third-order valence-electron chi connectivity index (χ3n) is 8.52. The van der Waals surface area contributed by atoms with Gasteiger partial charge in [-0.3, -0.25) is 14.5 Å². The van der Waals surface area contributed by atoms with Gasteiger partial charge in [-0.2, -0.15) is 0 Å². The van der Waals surface area contributed by atoms with E-state index in [1.165, 1.54) is 0 Å². The van der Waals surface area contributed by atoms with Crippen LogP contribution in [-0.4, -0.2) is 65.3 Å². The number of Topliss-reactive ketones (excluding diaryl/α,β-unsaturated/α-hetero) is 2. The second kappa shape index (κ2) is 12.1. The molecule has 1 aromatic carbocycles. The first-order valence-corrected chi connectivity index (χ1v) is 14.9. The van der Waals surface area contributed by atoms with Gasteiger partial charge >= 0.3 is 0 Å². The molecule has 7 nitrogen and oxygen atoms in total. The summed E-state index contributed by atoms with van der Waals surface area (Å²) in [5.41, 5.74) is 13.4. The molecule has 0 radical (unpaired) electrons. The Labute approximate surface area is 243 Å². The SMILES string of the molecule is CC1=CC(C)=C(CCC(=O)c2cc(-c3ccc(N4CCN(CCN)CC4)nc3)cc3c2c(C)cn3C(C)C)C(=O)C1. The fourth-order valence-corrected chi connectivity index (χ4v) is 6.33. The number of nitrogens with two attached hydrogens (primary N) is 1. The van der Waals surface area contributed by atoms with Gasteiger partial charge < -0.3 is 15.2 Å². The number of ketones is 2. The fourth-order valence-electron chi connectivity index (χ4n) is 6.33. The molecule has 3 heterocycles. The Kier molecular flexibility index (Phi) is 8.57. The Morgan fingerprint density at radius 3 is 2.44 bits per heavy atom. The van der Waals surface area contributed by atoms with Gasteiger partial charge in [-0.05, 0) is 87.6 Å². The van der Waals surface area contributed by atoms with E-state index in [1.807, 2.05) is 26.1 Å². The highest BCUT2D eigenvalue weighted by Gasteiger charge is 2.23. The summed E-state index contributed by atoms with van der Waals surface area (Å²) in [5, 5.41) is 1.00. The van der Waals surface area contributed by atoms with E-state index in [2.05, 4.69) is 65.6 Å². The Bertz CT molecular complexity index is 1520. The third kappa shape index (κ3) is 6.07. The zero-order valence-electron chi connectivity index (χ0n) is 25.2. The van der Waals surface area contributed by atoms with E-state index in [0.29, 0.717) is 25.8 Å². The molecular weight excluding hydrogens is 510 g/mol. The van der Waals surface area contributed by atoms with Crippen LogP contribution in [0.25, 0.3) is 22.0 Å². The summed E-state index contributed by atoms with van der Waals surface area (Å²) in [4.78, 5) is 36.1. The predicted octanol–water partition coefficient (Wildman–Crippen LogP) is 5.87. The number of allylic oxidation sites excluding steroid dienone is 4. The van der Waals surface area contributed by atoms with Crippen molar-refractivity contribution in [2.75, 3.05) is 44.2 Å². The van der Waals surface area contributed by atoms with Crippen molar-refractivity contribution in [1.29, 1.82) is 0 Å². The standard InChI is InChI=1S/C34H43N5O2/c1-22(2)39-21-25(5)34-29(31(40)8-7-28-24(4)16-23(3)17-32(28)41)18-27(19-30(34)39)26-6-9-33(36-20-26)38-14-12-37(11-10-35)13-15-38/h6,9,16,18-22H,7-8,10-15,17,35H2,1-5H3. The van der Waals surface area contributed by atoms with Crippen LogP contribution >= 0.6 is 0 Å². The molecule has 41 heavy (non-hydrogen) atoms. The number of benzene rings is 1. The number of piperazine rings is 1. The number of carbonyl (C=O) groups excluding carboxylic acids is 2. The lowest BCUT2D eigenvalue weighted by atomic mass is 9.88. The molecule has 0 spiro atoms. The summed E-state index contributed by atoms with van der Waals surface area (Å²) in [6.07, 6.45) is 7.37. The van der Waals surface area contributed by atoms with Gasteiger partial charge in [0.15, 0.2) is 11.6 Å². The van der Waals surface area contributed by atoms with Gasteiger partial charge in [0.05, 0.1) is 0 Å². The van der Waals surface area contributed by atoms with Gasteiger partial charge in [0.25, 0.3) is 0 Å². The number of hydrogen-bond acceptors (Lipinski definition) is 6. The molecule has 1 saturated heterocycles. The average molecular weight is 554 g/mol. The number of fused-ring (bicyclic) bond motifs is 1. The van der Waals surface area contributed by atoms with Crippen molar-refractivity contribution in [3.8, 4) is 11.1 Å². The summed E-state index contributed by atoms with van der Waals surface area (Å²) in [7, 11) is 0. The van der Waals surface area contributed by atoms with Crippen molar-refractivity contribution >= 4 is 28.3 Å². The molecule has 1 aliphatic heterocycles. The van der Waals surface area contributed by atoms with Gasteiger partial charge in [-0.25, -0.2) is 4.98 Å². The minimum atomic E-state index is 0.0701. The number of aryl methyl sites for hydroxylation is 1. The molecule has 2 aliphatic rings. The number of hydrogen-bond donors (Lipinski definition) is 1. The van der Waals surface area contributed by atoms with Crippen molar-refractivity contribution in [1.82, 2.24) is 14.5 Å². The molecule has 2 aromatic heterocycles. The Hall–Kier alpha value is -3.55. The lowest BCUT2D eigenvalue weighted by Gasteiger charge is -2.35. The highest BCUT2D eigenvalue weighted by atomic mass is 16.1. The molecule has 2 N–H and O–H groups in total. The predicted molar refractivity (Wildman–Crippen MR) is 168 cm³/mol. The summed E-state index contributed by atoms with van der Waals surface area (Å²) >= 11 is 0. The maximum absolute atomic E-state index is 13.8. The summed E-state index contributed by atoms with van der Waals surface area (Å²) in [6, 6.07) is 8.67. The maximum Gasteiger partial charge on any atom is 0.163 e. The van der Waals surface area contributed by atoms with Crippen LogP contribution in [0.1, 0.15) is 68.9 Å². The van der Waals surface area contributed by atoms with Gasteiger partial charge in [0, 0.05) is 92.6 Å². The first-order valence-electron chi connectivity index (χ1n) is 14.9. The quantitative estimate of drug-likeness (QED) is 0.334. The lowest BCUT2D eigenvalue weighted by Crippen LogP contribution is -2.48. The van der Waals surface area contributed by atoms with E-state index in [4.69, 9.17) is 10.7 Å². The monoisotopic (exact) mass is 553 g/mol. The van der Waals surface area contributed by atoms with Gasteiger partial charge in [0.1, 0.15) is 5.82 Å². The van der Waals surface area contributed by atoms with E-state index in [1.54, 1.807) is 0 Å². The van der Waals surface area contributed by atoms with Crippen LogP contribution in [0, 0.1) is 6.92 Å². The minimum absolute atomic E-state index is 0.0701. The Morgan fingerprint density at radius 2 is 1.80 bits per heavy atom. The molecule has 7 heteroatoms. The second-order valence-electron chi connectivity index (χ2n) is 11.9.